The normalized spacial score (nSPS) is 23.2. The predicted molar refractivity (Wildman–Crippen MR) is 491 cm³/mol. The van der Waals surface area contributed by atoms with E-state index in [-0.39, 0.29) is 72.4 Å². The van der Waals surface area contributed by atoms with Gasteiger partial charge in [0.05, 0.1) is 69.6 Å². The van der Waals surface area contributed by atoms with Crippen molar-refractivity contribution in [3.05, 3.63) is 123 Å². The lowest BCUT2D eigenvalue weighted by atomic mass is 9.47. The molecular weight excluding hydrogens is 1820 g/mol. The second kappa shape index (κ2) is 44.2. The summed E-state index contributed by atoms with van der Waals surface area (Å²) < 4.78 is 17.8. The number of hydrogen-bond acceptors (Lipinski definition) is 33. The number of rotatable bonds is 43. The van der Waals surface area contributed by atoms with E-state index in [1.165, 1.54) is 44.7 Å². The van der Waals surface area contributed by atoms with Crippen LogP contribution in [0.4, 0.5) is 22.1 Å². The van der Waals surface area contributed by atoms with E-state index in [1.54, 1.807) is 18.0 Å². The SMILES string of the molecule is CCN1Cc2c([nH]c3ccccc23)[C@@](C(=O)OC)(c2cc3c(cc2OC)N(C)[C@H]2[C@@](O)(C(=O)NNC(=O)OCCSSC[C@H](NC(=O)[C@H](CC(=O)O)NC(=O)[C@H](CC(=O)O)NC(=O)[C@H](CCCNC(=N)N)NC(=O)[C@@H](CC(=O)O)N[C@@H](O)CC[C@@H](NC(=O)c4ccc(NCc5cnc6nc(N)[nH]c(=O)c6n5)cc4)C(=O)O)C(=O)O)[C@H](O)[C@]4(CC)C=CCN5CC[C@]32[C@@H]54)C[C@H](C)C[C@@](O)(CC)C1. The molecule has 11 rings (SSSR count). The molecule has 1 aliphatic carbocycles. The van der Waals surface area contributed by atoms with Crippen molar-refractivity contribution in [2.45, 2.75) is 201 Å². The van der Waals surface area contributed by atoms with E-state index >= 15 is 9.59 Å². The summed E-state index contributed by atoms with van der Waals surface area (Å²) in [4.78, 5) is 213. The zero-order valence-electron chi connectivity index (χ0n) is 75.5. The van der Waals surface area contributed by atoms with Crippen molar-refractivity contribution in [3.8, 4) is 5.75 Å². The average Bonchev–Trinajstić information content (AvgIpc) is 1.46. The maximum atomic E-state index is 15.7. The molecule has 3 aromatic heterocycles. The van der Waals surface area contributed by atoms with E-state index in [4.69, 9.17) is 31.1 Å². The van der Waals surface area contributed by atoms with Crippen molar-refractivity contribution in [1.82, 2.24) is 82.8 Å². The van der Waals surface area contributed by atoms with Gasteiger partial charge in [0.25, 0.3) is 17.4 Å². The van der Waals surface area contributed by atoms with Crippen LogP contribution >= 0.6 is 21.6 Å². The van der Waals surface area contributed by atoms with Crippen LogP contribution < -0.4 is 80.0 Å². The van der Waals surface area contributed by atoms with Gasteiger partial charge in [-0.2, -0.15) is 4.98 Å². The van der Waals surface area contributed by atoms with E-state index in [9.17, 15) is 103 Å². The number of nitrogens with two attached hydrogens (primary N) is 2. The number of anilines is 3. The Hall–Kier alpha value is -13.0. The maximum absolute atomic E-state index is 15.7. The number of ether oxygens (including phenoxy) is 3. The summed E-state index contributed by atoms with van der Waals surface area (Å²) in [6, 6.07) is 3.53. The Balaban J connectivity index is 0.705. The minimum absolute atomic E-state index is 0.0108. The first kappa shape index (κ1) is 103. The number of nitrogens with one attached hydrogen (secondary N) is 13. The number of fused-ring (bicyclic) bond motifs is 5. The van der Waals surface area contributed by atoms with Gasteiger partial charge in [0.1, 0.15) is 60.3 Å². The molecule has 47 nitrogen and oxygen atoms in total. The van der Waals surface area contributed by atoms with Crippen molar-refractivity contribution < 1.29 is 122 Å². The minimum atomic E-state index is -2.76. The second-order valence-electron chi connectivity index (χ2n) is 34.5. The van der Waals surface area contributed by atoms with Crippen molar-refractivity contribution in [1.29, 1.82) is 5.41 Å². The van der Waals surface area contributed by atoms with Gasteiger partial charge in [-0.05, 0) is 124 Å². The zero-order chi connectivity index (χ0) is 99.2. The molecule has 0 radical (unpaired) electrons. The fraction of sp³-hybridized carbons (Fsp3) is 0.517. The number of H-pyrrole nitrogens is 2. The number of aliphatic hydroxyl groups excluding tert-OH is 2. The van der Waals surface area contributed by atoms with Crippen molar-refractivity contribution in [2.24, 2.45) is 17.1 Å². The second-order valence-corrected chi connectivity index (χ2v) is 37.1. The molecule has 7 amide bonds. The number of carbonyl (C=O) groups excluding carboxylic acids is 8. The molecule has 7 heterocycles. The number of hydrogen-bond donors (Lipinski definition) is 24. The van der Waals surface area contributed by atoms with Crippen LogP contribution in [0.3, 0.4) is 0 Å². The molecule has 0 bridgehead atoms. The molecule has 3 aromatic carbocycles. The number of benzene rings is 3. The number of likely N-dealkylation sites (N-methyl/N-ethyl adjacent to an activating group) is 2. The van der Waals surface area contributed by atoms with Crippen LogP contribution in [0.15, 0.2) is 83.8 Å². The molecule has 6 aromatic rings. The Labute approximate surface area is 785 Å². The number of guanidine groups is 1. The number of carboxylic acid groups (broad SMARTS) is 5. The third-order valence-corrected chi connectivity index (χ3v) is 28.1. The summed E-state index contributed by atoms with van der Waals surface area (Å²) in [7, 11) is 6.22. The van der Waals surface area contributed by atoms with Gasteiger partial charge in [0.2, 0.25) is 29.6 Å². The largest absolute Gasteiger partial charge is 0.496 e. The first-order chi connectivity index (χ1) is 64.5. The van der Waals surface area contributed by atoms with Crippen molar-refractivity contribution in [2.75, 3.05) is 88.1 Å². The number of aliphatic hydroxyl groups is 4. The number of methoxy groups -OCH3 is 2. The molecule has 2 fully saturated rings. The van der Waals surface area contributed by atoms with Crippen LogP contribution in [0.1, 0.15) is 143 Å². The molecule has 26 N–H and O–H groups in total. The number of carbonyl (C=O) groups is 13. The van der Waals surface area contributed by atoms with Gasteiger partial charge < -0.3 is 119 Å². The Morgan fingerprint density at radius 2 is 1.39 bits per heavy atom. The summed E-state index contributed by atoms with van der Waals surface area (Å²) in [5, 5.41) is 127. The number of β-amino-alcohol motifs (C(OH)–C–C–N with tert-alkyl or cyclic N) is 1. The highest BCUT2D eigenvalue weighted by atomic mass is 33.1. The molecule has 136 heavy (non-hydrogen) atoms. The number of para-hydroxylation sites is 1. The van der Waals surface area contributed by atoms with Crippen molar-refractivity contribution in [3.63, 3.8) is 0 Å². The quantitative estimate of drug-likeness (QED) is 0.00327. The summed E-state index contributed by atoms with van der Waals surface area (Å²) in [5.74, 6) is -18.1. The monoisotopic (exact) mass is 1930 g/mol. The van der Waals surface area contributed by atoms with Crippen LogP contribution in [0.25, 0.3) is 22.1 Å². The van der Waals surface area contributed by atoms with Crippen molar-refractivity contribution >= 4 is 144 Å². The standard InChI is InChI=1S/C87H115N21O26S2/c1-8-83(130)36-43(4)37-86(79(128)133-7,65-48(40-107(10-3)42-83)47-15-11-12-16-51(47)96-65)50-31-49-58(35-59(50)132-6)106(5)76-85(49)25-28-108-27-14-24-84(9-2,75(85)108)77(126)87(76,131)78(127)104-105-82(129)134-29-30-135-136-41-57(74(124)125)101-71(120)56(34-63(114)115)100-70(119)55(33-62(112)113)99-68(117)52(17-13-26-91-80(88)89)97-69(118)54(32-61(110)111)95-60(109)23-22-53(73(122)123)98-67(116)44-18-20-45(21-19-44)92-38-46-39-93-66-64(94-46)72(121)103-81(90)102-66/h11-12,14-16,18-21,24,31,35,39,43,52-57,60,75-77,92,95-96,109,126,130-131H,8-10,13,17,22-23,25-30,32-34,36-38,40-42H2,1-7H3,(H,97,118)(H,98,116)(H,99,117)(H,100,119)(H,101,120)(H,104,127)(H,105,129)(H,110,111)(H,112,113)(H,114,115)(H,122,123)(H,124,125)(H4,88,89,91)(H3,90,93,102,103,121)/t43-,52+,53-,54-,55+,56+,57+,60+,75+,76-,77-,83+,84-,85-,86+,87+/m1/s1. The van der Waals surface area contributed by atoms with Crippen LogP contribution in [0, 0.1) is 16.7 Å². The van der Waals surface area contributed by atoms with Gasteiger partial charge in [0, 0.05) is 107 Å². The van der Waals surface area contributed by atoms with Crippen LogP contribution in [0.5, 0.6) is 5.75 Å². The highest BCUT2D eigenvalue weighted by molar-refractivity contribution is 8.76. The number of esters is 1. The first-order valence-electron chi connectivity index (χ1n) is 43.9. The third kappa shape index (κ3) is 22.5. The Kier molecular flexibility index (Phi) is 33.6. The number of aliphatic carboxylic acids is 5. The van der Waals surface area contributed by atoms with Crippen LogP contribution in [-0.2, 0) is 86.1 Å². The fourth-order valence-corrected chi connectivity index (χ4v) is 21.6. The molecule has 16 atom stereocenters. The molecule has 736 valence electrons. The number of aromatic nitrogens is 5. The predicted octanol–water partition coefficient (Wildman–Crippen LogP) is -0.758. The highest BCUT2D eigenvalue weighted by Crippen LogP contribution is 2.68. The van der Waals surface area contributed by atoms with Gasteiger partial charge in [0.15, 0.2) is 22.7 Å². The molecule has 5 aliphatic rings. The Morgan fingerprint density at radius 1 is 0.743 bits per heavy atom. The molecule has 0 unspecified atom stereocenters. The average molecular weight is 1940 g/mol. The van der Waals surface area contributed by atoms with E-state index < -0.39 is 228 Å². The number of nitrogen functional groups attached to an aromatic ring is 1. The summed E-state index contributed by atoms with van der Waals surface area (Å²) in [5.41, 5.74) is 11.2. The summed E-state index contributed by atoms with van der Waals surface area (Å²) >= 11 is 0. The highest BCUT2D eigenvalue weighted by Gasteiger charge is 2.79. The molecule has 1 saturated heterocycles. The molecule has 49 heteroatoms. The van der Waals surface area contributed by atoms with Gasteiger partial charge in [-0.1, -0.05) is 79.6 Å². The smallest absolute Gasteiger partial charge is 0.426 e. The van der Waals surface area contributed by atoms with E-state index in [0.717, 1.165) is 38.1 Å². The Morgan fingerprint density at radius 3 is 2.02 bits per heavy atom. The van der Waals surface area contributed by atoms with E-state index in [0.29, 0.717) is 85.9 Å². The van der Waals surface area contributed by atoms with Gasteiger partial charge in [-0.3, -0.25) is 83.7 Å². The lowest BCUT2D eigenvalue weighted by molar-refractivity contribution is -0.204. The van der Waals surface area contributed by atoms with Gasteiger partial charge >= 0.3 is 41.9 Å². The fourth-order valence-electron chi connectivity index (χ4n) is 19.6. The third-order valence-electron chi connectivity index (χ3n) is 25.7. The zero-order valence-corrected chi connectivity index (χ0v) is 77.2. The number of aromatic amines is 2. The van der Waals surface area contributed by atoms with Gasteiger partial charge in [-0.25, -0.2) is 29.8 Å². The Bertz CT molecular complexity index is 5620. The molecule has 4 aliphatic heterocycles. The topological polar surface area (TPSA) is 725 Å². The molecular formula is C87H115N21O26S2. The minimum Gasteiger partial charge on any atom is -0.496 e. The lowest BCUT2D eigenvalue weighted by Gasteiger charge is -2.63. The number of hydrazine groups is 1. The van der Waals surface area contributed by atoms with Gasteiger partial charge in [-0.15, -0.1) is 0 Å². The number of amides is 7. The lowest BCUT2D eigenvalue weighted by Crippen LogP contribution is -2.82. The molecule has 1 spiro atoms. The number of carboxylic acids is 5. The maximum Gasteiger partial charge on any atom is 0.426 e. The summed E-state index contributed by atoms with van der Waals surface area (Å²) in [6.45, 7) is 9.47. The van der Waals surface area contributed by atoms with E-state index in [1.807, 2.05) is 75.5 Å². The first-order valence-corrected chi connectivity index (χ1v) is 46.4. The summed E-state index contributed by atoms with van der Waals surface area (Å²) in [6.07, 6.45) is -3.84. The number of nitrogens with zero attached hydrogens (tertiary/aromatic N) is 6. The van der Waals surface area contributed by atoms with Crippen LogP contribution in [0.2, 0.25) is 0 Å². The van der Waals surface area contributed by atoms with Crippen LogP contribution in [-0.4, -0.2) is 308 Å². The molecule has 1 saturated carbocycles. The van der Waals surface area contributed by atoms with E-state index in [2.05, 4.69) is 82.8 Å².